The van der Waals surface area contributed by atoms with E-state index in [1.54, 1.807) is 66.1 Å². The molecule has 0 unspecified atom stereocenters. The van der Waals surface area contributed by atoms with Crippen LogP contribution in [0.5, 0.6) is 5.75 Å². The molecular weight excluding hydrogens is 511 g/mol. The normalized spacial score (nSPS) is 10.8. The Balaban J connectivity index is 1.45. The number of fused-ring (bicyclic) bond motifs is 1. The topological polar surface area (TPSA) is 86.6 Å². The summed E-state index contributed by atoms with van der Waals surface area (Å²) in [4.78, 5) is 38.2. The number of hydrogen-bond donors (Lipinski definition) is 1. The molecule has 0 atom stereocenters. The molecule has 0 spiro atoms. The molecule has 0 aliphatic rings. The second kappa shape index (κ2) is 11.9. The SMILES string of the molecule is COc1ccc2c(c1)c(CC(=O)OCC(=O)NCCc1ccc(F)cc1)c(C)n2C(=O)c1ccc(Cl)cc1. The Hall–Kier alpha value is -4.17. The Kier molecular flexibility index (Phi) is 8.43. The number of nitrogens with one attached hydrogen (secondary N) is 1. The molecule has 7 nitrogen and oxygen atoms in total. The molecule has 0 aliphatic carbocycles. The first-order valence-electron chi connectivity index (χ1n) is 11.9. The lowest BCUT2D eigenvalue weighted by Crippen LogP contribution is -2.30. The molecule has 0 fully saturated rings. The Morgan fingerprint density at radius 3 is 2.39 bits per heavy atom. The van der Waals surface area contributed by atoms with Crippen LogP contribution in [0.2, 0.25) is 5.02 Å². The van der Waals surface area contributed by atoms with Gasteiger partial charge in [-0.15, -0.1) is 0 Å². The molecule has 0 saturated heterocycles. The summed E-state index contributed by atoms with van der Waals surface area (Å²) >= 11 is 5.97. The molecule has 4 aromatic rings. The lowest BCUT2D eigenvalue weighted by molar-refractivity contribution is -0.147. The van der Waals surface area contributed by atoms with Gasteiger partial charge in [0.2, 0.25) is 0 Å². The molecule has 4 rings (SSSR count). The predicted octanol–water partition coefficient (Wildman–Crippen LogP) is 4.88. The van der Waals surface area contributed by atoms with Crippen molar-refractivity contribution in [1.29, 1.82) is 0 Å². The van der Waals surface area contributed by atoms with Gasteiger partial charge in [-0.3, -0.25) is 19.0 Å². The number of aromatic nitrogens is 1. The molecule has 9 heteroatoms. The van der Waals surface area contributed by atoms with Gasteiger partial charge >= 0.3 is 5.97 Å². The summed E-state index contributed by atoms with van der Waals surface area (Å²) in [5.41, 5.74) is 3.11. The van der Waals surface area contributed by atoms with Crippen LogP contribution >= 0.6 is 11.6 Å². The number of hydrogen-bond acceptors (Lipinski definition) is 5. The summed E-state index contributed by atoms with van der Waals surface area (Å²) in [6.45, 7) is 1.64. The lowest BCUT2D eigenvalue weighted by Gasteiger charge is -2.09. The molecule has 1 amide bonds. The van der Waals surface area contributed by atoms with Gasteiger partial charge in [-0.05, 0) is 79.1 Å². The number of amides is 1. The average molecular weight is 537 g/mol. The zero-order valence-corrected chi connectivity index (χ0v) is 21.7. The average Bonchev–Trinajstić information content (AvgIpc) is 3.18. The second-order valence-corrected chi connectivity index (χ2v) is 9.09. The highest BCUT2D eigenvalue weighted by Gasteiger charge is 2.23. The number of halogens is 2. The largest absolute Gasteiger partial charge is 0.497 e. The van der Waals surface area contributed by atoms with Crippen LogP contribution in [0.25, 0.3) is 10.9 Å². The number of nitrogens with zero attached hydrogens (tertiary/aromatic N) is 1. The van der Waals surface area contributed by atoms with Crippen LogP contribution in [0.4, 0.5) is 4.39 Å². The van der Waals surface area contributed by atoms with Crippen LogP contribution < -0.4 is 10.1 Å². The fourth-order valence-electron chi connectivity index (χ4n) is 4.19. The van der Waals surface area contributed by atoms with Crippen molar-refractivity contribution in [2.45, 2.75) is 19.8 Å². The minimum Gasteiger partial charge on any atom is -0.497 e. The quantitative estimate of drug-likeness (QED) is 0.308. The van der Waals surface area contributed by atoms with Crippen molar-refractivity contribution in [3.05, 3.63) is 100.0 Å². The van der Waals surface area contributed by atoms with E-state index in [9.17, 15) is 18.8 Å². The highest BCUT2D eigenvalue weighted by Crippen LogP contribution is 2.31. The predicted molar refractivity (Wildman–Crippen MR) is 142 cm³/mol. The van der Waals surface area contributed by atoms with E-state index >= 15 is 0 Å². The van der Waals surface area contributed by atoms with E-state index in [4.69, 9.17) is 21.1 Å². The lowest BCUT2D eigenvalue weighted by atomic mass is 10.1. The first-order valence-corrected chi connectivity index (χ1v) is 12.3. The zero-order chi connectivity index (χ0) is 27.2. The van der Waals surface area contributed by atoms with E-state index in [1.807, 2.05) is 0 Å². The van der Waals surface area contributed by atoms with Gasteiger partial charge in [0, 0.05) is 28.2 Å². The monoisotopic (exact) mass is 536 g/mol. The summed E-state index contributed by atoms with van der Waals surface area (Å²) in [7, 11) is 1.53. The summed E-state index contributed by atoms with van der Waals surface area (Å²) in [6.07, 6.45) is 0.376. The molecule has 1 heterocycles. The van der Waals surface area contributed by atoms with E-state index in [1.165, 1.54) is 19.2 Å². The van der Waals surface area contributed by atoms with E-state index in [2.05, 4.69) is 5.32 Å². The third kappa shape index (κ3) is 6.20. The van der Waals surface area contributed by atoms with Crippen molar-refractivity contribution in [2.75, 3.05) is 20.3 Å². The number of carbonyl (C=O) groups excluding carboxylic acids is 3. The Bertz CT molecular complexity index is 1480. The van der Waals surface area contributed by atoms with E-state index < -0.39 is 18.5 Å². The number of benzene rings is 3. The smallest absolute Gasteiger partial charge is 0.310 e. The van der Waals surface area contributed by atoms with Crippen molar-refractivity contribution >= 4 is 40.3 Å². The zero-order valence-electron chi connectivity index (χ0n) is 20.9. The van der Waals surface area contributed by atoms with Gasteiger partial charge in [0.1, 0.15) is 11.6 Å². The number of esters is 1. The van der Waals surface area contributed by atoms with Crippen molar-refractivity contribution in [1.82, 2.24) is 9.88 Å². The molecule has 38 heavy (non-hydrogen) atoms. The standard InChI is InChI=1S/C29H26ClFN2O5/c1-18-24(16-28(35)38-17-27(34)32-14-13-19-3-9-22(31)10-4-19)25-15-23(37-2)11-12-26(25)33(18)29(36)20-5-7-21(30)8-6-20/h3-12,15H,13-14,16-17H2,1-2H3,(H,32,34). The van der Waals surface area contributed by atoms with Gasteiger partial charge in [0.25, 0.3) is 11.8 Å². The minimum absolute atomic E-state index is 0.140. The van der Waals surface area contributed by atoms with Gasteiger partial charge < -0.3 is 14.8 Å². The van der Waals surface area contributed by atoms with Gasteiger partial charge in [0.05, 0.1) is 19.0 Å². The van der Waals surface area contributed by atoms with Crippen LogP contribution in [-0.4, -0.2) is 42.6 Å². The summed E-state index contributed by atoms with van der Waals surface area (Å²) in [5, 5.41) is 3.87. The Labute approximate surface area is 224 Å². The highest BCUT2D eigenvalue weighted by molar-refractivity contribution is 6.30. The fraction of sp³-hybridized carbons (Fsp3) is 0.207. The summed E-state index contributed by atoms with van der Waals surface area (Å²) < 4.78 is 25.1. The summed E-state index contributed by atoms with van der Waals surface area (Å²) in [5.74, 6) is -1.07. The van der Waals surface area contributed by atoms with Crippen LogP contribution in [0.3, 0.4) is 0 Å². The molecular formula is C29H26ClFN2O5. The maximum atomic E-state index is 13.4. The van der Waals surface area contributed by atoms with Gasteiger partial charge in [-0.2, -0.15) is 0 Å². The summed E-state index contributed by atoms with van der Waals surface area (Å²) in [6, 6.07) is 17.8. The molecule has 0 bridgehead atoms. The van der Waals surface area contributed by atoms with E-state index in [0.29, 0.717) is 51.5 Å². The molecule has 1 N–H and O–H groups in total. The Morgan fingerprint density at radius 1 is 1.00 bits per heavy atom. The van der Waals surface area contributed by atoms with Crippen molar-refractivity contribution in [3.63, 3.8) is 0 Å². The number of methoxy groups -OCH3 is 1. The number of carbonyl (C=O) groups is 3. The molecule has 0 saturated carbocycles. The van der Waals surface area contributed by atoms with Crippen molar-refractivity contribution in [2.24, 2.45) is 0 Å². The van der Waals surface area contributed by atoms with Crippen LogP contribution in [0, 0.1) is 12.7 Å². The maximum Gasteiger partial charge on any atom is 0.310 e. The minimum atomic E-state index is -0.609. The molecule has 0 radical (unpaired) electrons. The van der Waals surface area contributed by atoms with Crippen molar-refractivity contribution < 1.29 is 28.2 Å². The fourth-order valence-corrected chi connectivity index (χ4v) is 4.31. The first-order chi connectivity index (χ1) is 18.3. The number of rotatable bonds is 9. The molecule has 196 valence electrons. The third-order valence-corrected chi connectivity index (χ3v) is 6.42. The number of ether oxygens (including phenoxy) is 2. The van der Waals surface area contributed by atoms with Crippen molar-refractivity contribution in [3.8, 4) is 5.75 Å². The molecule has 0 aliphatic heterocycles. The van der Waals surface area contributed by atoms with Gasteiger partial charge in [-0.25, -0.2) is 4.39 Å². The third-order valence-electron chi connectivity index (χ3n) is 6.17. The molecule has 3 aromatic carbocycles. The maximum absolute atomic E-state index is 13.4. The van der Waals surface area contributed by atoms with Gasteiger partial charge in [0.15, 0.2) is 6.61 Å². The van der Waals surface area contributed by atoms with E-state index in [0.717, 1.165) is 5.56 Å². The Morgan fingerprint density at radius 2 is 1.71 bits per heavy atom. The van der Waals surface area contributed by atoms with Crippen LogP contribution in [0.1, 0.15) is 27.2 Å². The molecule has 1 aromatic heterocycles. The first kappa shape index (κ1) is 26.9. The highest BCUT2D eigenvalue weighted by atomic mass is 35.5. The second-order valence-electron chi connectivity index (χ2n) is 8.66. The van der Waals surface area contributed by atoms with Crippen LogP contribution in [0.15, 0.2) is 66.7 Å². The van der Waals surface area contributed by atoms with Gasteiger partial charge in [-0.1, -0.05) is 23.7 Å². The van der Waals surface area contributed by atoms with E-state index in [-0.39, 0.29) is 18.1 Å². The van der Waals surface area contributed by atoms with Crippen LogP contribution in [-0.2, 0) is 27.2 Å².